The molecule has 0 heterocycles. The van der Waals surface area contributed by atoms with Gasteiger partial charge in [0, 0.05) is 0 Å². The van der Waals surface area contributed by atoms with Gasteiger partial charge in [0.1, 0.15) is 10.9 Å². The lowest BCUT2D eigenvalue weighted by Gasteiger charge is -2.16. The molecule has 0 aliphatic heterocycles. The minimum atomic E-state index is -4.39. The summed E-state index contributed by atoms with van der Waals surface area (Å²) >= 11 is 0. The number of carboxylic acids is 1. The van der Waals surface area contributed by atoms with Crippen molar-refractivity contribution >= 4 is 16.0 Å². The lowest BCUT2D eigenvalue weighted by atomic mass is 10.0. The van der Waals surface area contributed by atoms with E-state index >= 15 is 0 Å². The molecule has 26 heavy (non-hydrogen) atoms. The van der Waals surface area contributed by atoms with Gasteiger partial charge < -0.3 is 9.84 Å². The molecule has 6 nitrogen and oxygen atoms in total. The third-order valence-electron chi connectivity index (χ3n) is 4.04. The summed E-state index contributed by atoms with van der Waals surface area (Å²) in [4.78, 5) is 10.9. The summed E-state index contributed by atoms with van der Waals surface area (Å²) in [5.41, 5.74) is 2.67. The summed E-state index contributed by atoms with van der Waals surface area (Å²) in [6, 6.07) is 7.57. The van der Waals surface area contributed by atoms with Crippen LogP contribution in [0.2, 0.25) is 0 Å². The number of sulfonamides is 1. The fraction of sp³-hybridized carbons (Fsp3) is 0.278. The Kier molecular flexibility index (Phi) is 5.99. The van der Waals surface area contributed by atoms with Gasteiger partial charge in [-0.3, -0.25) is 4.79 Å². The molecule has 1 atom stereocenters. The van der Waals surface area contributed by atoms with Gasteiger partial charge >= 0.3 is 5.97 Å². The van der Waals surface area contributed by atoms with E-state index in [9.17, 15) is 22.7 Å². The standard InChI is InChI=1S/C18H20FNO5S/c1-11-7-8-13(9-12(11)2)10-14(18(21)22)20-26(23,24)16-6-4-5-15(25-3)17(16)19/h4-9,14,20H,10H2,1-3H3,(H,21,22). The fourth-order valence-corrected chi connectivity index (χ4v) is 3.73. The second-order valence-electron chi connectivity index (χ2n) is 5.91. The molecule has 0 bridgehead atoms. The van der Waals surface area contributed by atoms with Crippen LogP contribution >= 0.6 is 0 Å². The minimum absolute atomic E-state index is 0.0682. The smallest absolute Gasteiger partial charge is 0.322 e. The van der Waals surface area contributed by atoms with Crippen LogP contribution in [0.5, 0.6) is 5.75 Å². The predicted molar refractivity (Wildman–Crippen MR) is 94.3 cm³/mol. The number of nitrogens with one attached hydrogen (secondary N) is 1. The molecule has 0 aliphatic rings. The lowest BCUT2D eigenvalue weighted by Crippen LogP contribution is -2.42. The lowest BCUT2D eigenvalue weighted by molar-refractivity contribution is -0.138. The molecule has 2 rings (SSSR count). The SMILES string of the molecule is COc1cccc(S(=O)(=O)NC(Cc2ccc(C)c(C)c2)C(=O)O)c1F. The van der Waals surface area contributed by atoms with Crippen LogP contribution in [0.3, 0.4) is 0 Å². The second-order valence-corrected chi connectivity index (χ2v) is 7.59. The molecule has 0 aromatic heterocycles. The summed E-state index contributed by atoms with van der Waals surface area (Å²) < 4.78 is 46.0. The zero-order valence-corrected chi connectivity index (χ0v) is 15.4. The van der Waals surface area contributed by atoms with Gasteiger partial charge in [-0.05, 0) is 49.1 Å². The zero-order chi connectivity index (χ0) is 19.5. The molecule has 1 unspecified atom stereocenters. The molecule has 8 heteroatoms. The van der Waals surface area contributed by atoms with E-state index in [1.807, 2.05) is 19.9 Å². The van der Waals surface area contributed by atoms with E-state index in [1.165, 1.54) is 19.2 Å². The number of aryl methyl sites for hydroxylation is 2. The maximum Gasteiger partial charge on any atom is 0.322 e. The van der Waals surface area contributed by atoms with Crippen LogP contribution in [0, 0.1) is 19.7 Å². The fourth-order valence-electron chi connectivity index (χ4n) is 2.45. The number of benzene rings is 2. The van der Waals surface area contributed by atoms with Crippen molar-refractivity contribution < 1.29 is 27.4 Å². The number of halogens is 1. The quantitative estimate of drug-likeness (QED) is 0.768. The van der Waals surface area contributed by atoms with E-state index in [2.05, 4.69) is 4.72 Å². The molecule has 0 aliphatic carbocycles. The van der Waals surface area contributed by atoms with Crippen LogP contribution in [0.4, 0.5) is 4.39 Å². The molecule has 0 fully saturated rings. The molecule has 0 amide bonds. The van der Waals surface area contributed by atoms with Crippen molar-refractivity contribution in [2.75, 3.05) is 7.11 Å². The average Bonchev–Trinajstić information content (AvgIpc) is 2.57. The van der Waals surface area contributed by atoms with Gasteiger partial charge in [0.25, 0.3) is 0 Å². The maximum absolute atomic E-state index is 14.3. The molecule has 0 spiro atoms. The van der Waals surface area contributed by atoms with Crippen LogP contribution in [-0.2, 0) is 21.2 Å². The Morgan fingerprint density at radius 2 is 1.92 bits per heavy atom. The normalized spacial score (nSPS) is 12.6. The Labute approximate surface area is 151 Å². The third-order valence-corrected chi connectivity index (χ3v) is 5.53. The number of methoxy groups -OCH3 is 1. The first kappa shape index (κ1) is 19.9. The van der Waals surface area contributed by atoms with Gasteiger partial charge in [-0.2, -0.15) is 4.72 Å². The van der Waals surface area contributed by atoms with E-state index in [0.29, 0.717) is 5.56 Å². The molecule has 0 saturated heterocycles. The Hall–Kier alpha value is -2.45. The molecular weight excluding hydrogens is 361 g/mol. The molecule has 0 radical (unpaired) electrons. The van der Waals surface area contributed by atoms with Crippen molar-refractivity contribution in [2.24, 2.45) is 0 Å². The van der Waals surface area contributed by atoms with Gasteiger partial charge in [0.15, 0.2) is 11.6 Å². The number of carboxylic acid groups (broad SMARTS) is 1. The van der Waals surface area contributed by atoms with Gasteiger partial charge in [-0.15, -0.1) is 0 Å². The van der Waals surface area contributed by atoms with Crippen molar-refractivity contribution in [1.82, 2.24) is 4.72 Å². The van der Waals surface area contributed by atoms with E-state index in [-0.39, 0.29) is 12.2 Å². The molecular formula is C18H20FNO5S. The van der Waals surface area contributed by atoms with Crippen LogP contribution in [-0.4, -0.2) is 32.6 Å². The first-order valence-electron chi connectivity index (χ1n) is 7.79. The van der Waals surface area contributed by atoms with Crippen LogP contribution < -0.4 is 9.46 Å². The van der Waals surface area contributed by atoms with Gasteiger partial charge in [-0.1, -0.05) is 24.3 Å². The number of rotatable bonds is 7. The number of hydrogen-bond acceptors (Lipinski definition) is 4. The number of aliphatic carboxylic acids is 1. The van der Waals surface area contributed by atoms with Gasteiger partial charge in [0.05, 0.1) is 7.11 Å². The molecule has 2 N–H and O–H groups in total. The number of carbonyl (C=O) groups is 1. The van der Waals surface area contributed by atoms with Crippen molar-refractivity contribution in [3.05, 3.63) is 58.9 Å². The Balaban J connectivity index is 2.31. The number of ether oxygens (including phenoxy) is 1. The second kappa shape index (κ2) is 7.84. The van der Waals surface area contributed by atoms with E-state index in [1.54, 1.807) is 12.1 Å². The zero-order valence-electron chi connectivity index (χ0n) is 14.6. The first-order valence-corrected chi connectivity index (χ1v) is 9.28. The van der Waals surface area contributed by atoms with E-state index in [4.69, 9.17) is 4.74 Å². The summed E-state index contributed by atoms with van der Waals surface area (Å²) in [7, 11) is -3.18. The summed E-state index contributed by atoms with van der Waals surface area (Å²) in [5, 5.41) is 9.39. The highest BCUT2D eigenvalue weighted by molar-refractivity contribution is 7.89. The van der Waals surface area contributed by atoms with Gasteiger partial charge in [-0.25, -0.2) is 12.8 Å². The molecule has 2 aromatic carbocycles. The van der Waals surface area contributed by atoms with Crippen LogP contribution in [0.1, 0.15) is 16.7 Å². The number of hydrogen-bond donors (Lipinski definition) is 2. The Morgan fingerprint density at radius 1 is 1.23 bits per heavy atom. The predicted octanol–water partition coefficient (Wildman–Crippen LogP) is 2.43. The average molecular weight is 381 g/mol. The first-order chi connectivity index (χ1) is 12.2. The molecule has 2 aromatic rings. The third kappa shape index (κ3) is 4.39. The van der Waals surface area contributed by atoms with Gasteiger partial charge in [0.2, 0.25) is 10.0 Å². The highest BCUT2D eigenvalue weighted by atomic mass is 32.2. The van der Waals surface area contributed by atoms with Crippen LogP contribution in [0.25, 0.3) is 0 Å². The summed E-state index contributed by atoms with van der Waals surface area (Å²) in [5.74, 6) is -2.66. The Bertz CT molecular complexity index is 927. The van der Waals surface area contributed by atoms with E-state index in [0.717, 1.165) is 17.2 Å². The highest BCUT2D eigenvalue weighted by Crippen LogP contribution is 2.24. The van der Waals surface area contributed by atoms with Crippen molar-refractivity contribution in [2.45, 2.75) is 31.2 Å². The minimum Gasteiger partial charge on any atom is -0.494 e. The van der Waals surface area contributed by atoms with Crippen molar-refractivity contribution in [3.63, 3.8) is 0 Å². The monoisotopic (exact) mass is 381 g/mol. The largest absolute Gasteiger partial charge is 0.494 e. The van der Waals surface area contributed by atoms with Crippen molar-refractivity contribution in [3.8, 4) is 5.75 Å². The molecule has 0 saturated carbocycles. The van der Waals surface area contributed by atoms with E-state index < -0.39 is 32.7 Å². The topological polar surface area (TPSA) is 92.7 Å². The summed E-state index contributed by atoms with van der Waals surface area (Å²) in [6.45, 7) is 3.80. The Morgan fingerprint density at radius 3 is 2.50 bits per heavy atom. The maximum atomic E-state index is 14.3. The summed E-state index contributed by atoms with van der Waals surface area (Å²) in [6.07, 6.45) is -0.0682. The van der Waals surface area contributed by atoms with Crippen molar-refractivity contribution in [1.29, 1.82) is 0 Å². The highest BCUT2D eigenvalue weighted by Gasteiger charge is 2.28. The van der Waals surface area contributed by atoms with Crippen LogP contribution in [0.15, 0.2) is 41.3 Å². The molecule has 140 valence electrons.